The second-order valence-electron chi connectivity index (χ2n) is 10.5. The van der Waals surface area contributed by atoms with Gasteiger partial charge in [-0.25, -0.2) is 9.59 Å². The zero-order valence-corrected chi connectivity index (χ0v) is 22.2. The molecular formula is C26H29F3N2O11. The number of carbonyl (C=O) groups is 4. The van der Waals surface area contributed by atoms with Gasteiger partial charge in [-0.2, -0.15) is 13.2 Å². The molecule has 0 aromatic heterocycles. The zero-order valence-electron chi connectivity index (χ0n) is 22.2. The number of halogens is 3. The molecule has 42 heavy (non-hydrogen) atoms. The molecule has 4 aliphatic rings. The third-order valence-corrected chi connectivity index (χ3v) is 8.14. The van der Waals surface area contributed by atoms with Crippen LogP contribution in [0.3, 0.4) is 0 Å². The number of alkyl halides is 3. The number of nitrogens with one attached hydrogen (secondary N) is 1. The number of likely N-dealkylation sites (N-methyl/N-ethyl adjacent to an activating group) is 1. The molecule has 2 aliphatic heterocycles. The van der Waals surface area contributed by atoms with Gasteiger partial charge in [0.25, 0.3) is 0 Å². The zero-order chi connectivity index (χ0) is 31.2. The number of aliphatic hydroxyl groups excluding tert-OH is 1. The van der Waals surface area contributed by atoms with E-state index >= 15 is 0 Å². The second kappa shape index (κ2) is 11.1. The van der Waals surface area contributed by atoms with Gasteiger partial charge in [0.05, 0.1) is 23.9 Å². The van der Waals surface area contributed by atoms with Crippen LogP contribution in [-0.4, -0.2) is 104 Å². The molecule has 1 saturated heterocycles. The third kappa shape index (κ3) is 5.25. The summed E-state index contributed by atoms with van der Waals surface area (Å²) < 4.78 is 43.6. The number of aliphatic carboxylic acids is 2. The van der Waals surface area contributed by atoms with Crippen molar-refractivity contribution in [2.24, 2.45) is 0 Å². The number of phenols is 1. The Morgan fingerprint density at radius 3 is 2.52 bits per heavy atom. The van der Waals surface area contributed by atoms with Gasteiger partial charge in [-0.05, 0) is 44.1 Å². The number of piperidine rings is 1. The lowest BCUT2D eigenvalue weighted by Crippen LogP contribution is -2.74. The van der Waals surface area contributed by atoms with E-state index in [9.17, 15) is 42.9 Å². The maximum absolute atomic E-state index is 12.6. The molecule has 1 fully saturated rings. The fraction of sp³-hybridized carbons (Fsp3) is 0.538. The van der Waals surface area contributed by atoms with Gasteiger partial charge in [0.1, 0.15) is 5.76 Å². The molecule has 1 aromatic rings. The maximum atomic E-state index is 12.6. The summed E-state index contributed by atoms with van der Waals surface area (Å²) in [7, 11) is 1.98. The highest BCUT2D eigenvalue weighted by molar-refractivity contribution is 5.83. The highest BCUT2D eigenvalue weighted by atomic mass is 19.4. The van der Waals surface area contributed by atoms with Crippen molar-refractivity contribution in [3.63, 3.8) is 0 Å². The molecule has 5 rings (SSSR count). The third-order valence-electron chi connectivity index (χ3n) is 8.14. The Kier molecular flexibility index (Phi) is 8.19. The van der Waals surface area contributed by atoms with Crippen LogP contribution in [0.1, 0.15) is 36.8 Å². The average Bonchev–Trinajstić information content (AvgIpc) is 3.25. The molecule has 6 N–H and O–H groups in total. The molecular weight excluding hydrogens is 573 g/mol. The fourth-order valence-electron chi connectivity index (χ4n) is 6.26. The first-order chi connectivity index (χ1) is 19.5. The van der Waals surface area contributed by atoms with Crippen LogP contribution in [0.4, 0.5) is 13.2 Å². The molecule has 16 heteroatoms. The number of nitrogens with zero attached hydrogens (tertiary/aromatic N) is 1. The Balaban J connectivity index is 0.000000517. The molecule has 13 nitrogen and oxygen atoms in total. The minimum atomic E-state index is -5.08. The highest BCUT2D eigenvalue weighted by Crippen LogP contribution is 2.65. The number of phenolic OH excluding ortho intramolecular Hbond substituents is 1. The van der Waals surface area contributed by atoms with E-state index in [1.807, 2.05) is 13.1 Å². The van der Waals surface area contributed by atoms with E-state index < -0.39 is 59.6 Å². The molecule has 5 atom stereocenters. The van der Waals surface area contributed by atoms with Crippen molar-refractivity contribution in [2.45, 2.75) is 67.5 Å². The number of amides is 1. The van der Waals surface area contributed by atoms with Crippen molar-refractivity contribution in [3.8, 4) is 11.5 Å². The molecule has 1 amide bonds. The number of aliphatic hydroxyl groups is 2. The largest absolute Gasteiger partial charge is 0.504 e. The standard InChI is InChI=1S/C24H28N2O9.C2HF3O2/c1-26-9-7-23-19-12-2-3-13(27)20(19)35-21(23)15(4-6-24(23,33)16(26)10-12)34-18(30)5-8-25-17(29)11-14(28)22(31)32;3-2(4,5)1(6)7/h2-4,14,16,21,27-28,33H,5-11H2,1H3,(H,25,29)(H,31,32);(H,6,7)/t14-,16+,21-,23-,24+;/m0./s1. The van der Waals surface area contributed by atoms with Gasteiger partial charge >= 0.3 is 24.1 Å². The first kappa shape index (κ1) is 31.1. The Hall–Kier alpha value is -3.89. The van der Waals surface area contributed by atoms with Crippen molar-refractivity contribution in [1.82, 2.24) is 10.2 Å². The van der Waals surface area contributed by atoms with Gasteiger partial charge in [0.15, 0.2) is 23.7 Å². The smallest absolute Gasteiger partial charge is 0.490 e. The summed E-state index contributed by atoms with van der Waals surface area (Å²) in [6, 6.07) is 3.29. The van der Waals surface area contributed by atoms with E-state index in [0.29, 0.717) is 25.1 Å². The number of ether oxygens (including phenoxy) is 2. The van der Waals surface area contributed by atoms with Gasteiger partial charge in [-0.3, -0.25) is 9.59 Å². The van der Waals surface area contributed by atoms with Crippen LogP contribution in [0.25, 0.3) is 0 Å². The highest BCUT2D eigenvalue weighted by Gasteiger charge is 2.72. The lowest BCUT2D eigenvalue weighted by atomic mass is 9.50. The number of benzene rings is 1. The average molecular weight is 603 g/mol. The first-order valence-electron chi connectivity index (χ1n) is 12.9. The van der Waals surface area contributed by atoms with E-state index in [0.717, 1.165) is 11.1 Å². The summed E-state index contributed by atoms with van der Waals surface area (Å²) in [6.45, 7) is 0.604. The molecule has 230 valence electrons. The summed E-state index contributed by atoms with van der Waals surface area (Å²) in [6.07, 6.45) is -5.40. The van der Waals surface area contributed by atoms with Crippen LogP contribution in [0.5, 0.6) is 11.5 Å². The number of carboxylic acid groups (broad SMARTS) is 2. The molecule has 1 spiro atoms. The van der Waals surface area contributed by atoms with Gasteiger partial charge in [-0.15, -0.1) is 0 Å². The topological polar surface area (TPSA) is 203 Å². The predicted octanol–water partition coefficient (Wildman–Crippen LogP) is 0.188. The summed E-state index contributed by atoms with van der Waals surface area (Å²) >= 11 is 0. The van der Waals surface area contributed by atoms with E-state index in [1.54, 1.807) is 12.1 Å². The number of carbonyl (C=O) groups excluding carboxylic acids is 2. The summed E-state index contributed by atoms with van der Waals surface area (Å²) in [5.74, 6) is -5.04. The minimum Gasteiger partial charge on any atom is -0.504 e. The van der Waals surface area contributed by atoms with Crippen LogP contribution < -0.4 is 10.1 Å². The van der Waals surface area contributed by atoms with Crippen molar-refractivity contribution < 1.29 is 67.4 Å². The molecule has 2 aliphatic carbocycles. The second-order valence-corrected chi connectivity index (χ2v) is 10.5. The summed E-state index contributed by atoms with van der Waals surface area (Å²) in [5, 5.41) is 50.0. The van der Waals surface area contributed by atoms with Gasteiger partial charge in [0, 0.05) is 24.6 Å². The van der Waals surface area contributed by atoms with Crippen LogP contribution in [0, 0.1) is 0 Å². The quantitative estimate of drug-likeness (QED) is 0.232. The first-order valence-corrected chi connectivity index (χ1v) is 12.9. The number of esters is 1. The molecule has 1 aromatic carbocycles. The van der Waals surface area contributed by atoms with E-state index in [2.05, 4.69) is 10.2 Å². The Bertz CT molecular complexity index is 1330. The number of hydrogen-bond acceptors (Lipinski definition) is 10. The van der Waals surface area contributed by atoms with E-state index in [-0.39, 0.29) is 36.9 Å². The maximum Gasteiger partial charge on any atom is 0.490 e. The number of likely N-dealkylation sites (tertiary alicyclic amines) is 1. The Morgan fingerprint density at radius 1 is 1.24 bits per heavy atom. The van der Waals surface area contributed by atoms with Gasteiger partial charge < -0.3 is 45.2 Å². The van der Waals surface area contributed by atoms with Gasteiger partial charge in [0.2, 0.25) is 5.91 Å². The Labute approximate surface area is 236 Å². The van der Waals surface area contributed by atoms with E-state index in [4.69, 9.17) is 24.5 Å². The van der Waals surface area contributed by atoms with Crippen LogP contribution in [0.2, 0.25) is 0 Å². The summed E-state index contributed by atoms with van der Waals surface area (Å²) in [4.78, 5) is 46.0. The molecule has 2 heterocycles. The van der Waals surface area contributed by atoms with Crippen LogP contribution >= 0.6 is 0 Å². The monoisotopic (exact) mass is 602 g/mol. The number of aromatic hydroxyl groups is 1. The van der Waals surface area contributed by atoms with E-state index in [1.165, 1.54) is 0 Å². The molecule has 0 unspecified atom stereocenters. The molecule has 0 radical (unpaired) electrons. The SMILES string of the molecule is CN1CC[C@]23c4c5ccc(O)c4O[C@H]2C(OC(=O)CCNC(=O)C[C@H](O)C(=O)O)=CC[C@@]3(O)[C@H]1C5.O=C(O)C(F)(F)F. The van der Waals surface area contributed by atoms with Crippen molar-refractivity contribution in [3.05, 3.63) is 35.1 Å². The number of rotatable bonds is 7. The number of hydrogen-bond donors (Lipinski definition) is 6. The van der Waals surface area contributed by atoms with Crippen molar-refractivity contribution >= 4 is 23.8 Å². The van der Waals surface area contributed by atoms with Crippen LogP contribution in [0.15, 0.2) is 24.0 Å². The molecule has 0 saturated carbocycles. The predicted molar refractivity (Wildman–Crippen MR) is 132 cm³/mol. The lowest BCUT2D eigenvalue weighted by molar-refractivity contribution is -0.192. The lowest BCUT2D eigenvalue weighted by Gasteiger charge is -2.61. The fourth-order valence-corrected chi connectivity index (χ4v) is 6.26. The normalized spacial score (nSPS) is 27.7. The van der Waals surface area contributed by atoms with Crippen LogP contribution in [-0.2, 0) is 35.8 Å². The summed E-state index contributed by atoms with van der Waals surface area (Å²) in [5.41, 5.74) is -0.233. The Morgan fingerprint density at radius 2 is 1.90 bits per heavy atom. The van der Waals surface area contributed by atoms with Crippen molar-refractivity contribution in [2.75, 3.05) is 20.1 Å². The minimum absolute atomic E-state index is 0.0239. The number of carboxylic acids is 2. The van der Waals surface area contributed by atoms with Crippen molar-refractivity contribution in [1.29, 1.82) is 0 Å². The van der Waals surface area contributed by atoms with Gasteiger partial charge in [-0.1, -0.05) is 6.07 Å². The molecule has 2 bridgehead atoms.